The van der Waals surface area contributed by atoms with Gasteiger partial charge in [0.15, 0.2) is 0 Å². The Hall–Kier alpha value is -2.60. The first-order valence-electron chi connectivity index (χ1n) is 6.98. The number of carboxylic acid groups (broad SMARTS) is 1. The standard InChI is InChI=1S/C17H13NO4S/c19-15-14(10-11-6-8-12(9-7-11)16(20)21)23-17(22)18(15)13-4-2-1-3-5-13/h1-9,14H,10H2,(H,20,21)/t14-/m0/s1. The van der Waals surface area contributed by atoms with Gasteiger partial charge in [0.1, 0.15) is 0 Å². The van der Waals surface area contributed by atoms with Gasteiger partial charge in [0.25, 0.3) is 5.24 Å². The highest BCUT2D eigenvalue weighted by molar-refractivity contribution is 8.15. The number of anilines is 1. The van der Waals surface area contributed by atoms with Crippen molar-refractivity contribution in [2.75, 3.05) is 4.90 Å². The number of rotatable bonds is 4. The molecule has 0 bridgehead atoms. The summed E-state index contributed by atoms with van der Waals surface area (Å²) in [5.74, 6) is -1.23. The Balaban J connectivity index is 1.76. The lowest BCUT2D eigenvalue weighted by Crippen LogP contribution is -2.32. The van der Waals surface area contributed by atoms with Crippen LogP contribution in [0.1, 0.15) is 15.9 Å². The zero-order valence-corrected chi connectivity index (χ0v) is 12.8. The lowest BCUT2D eigenvalue weighted by molar-refractivity contribution is -0.117. The van der Waals surface area contributed by atoms with E-state index in [4.69, 9.17) is 5.11 Å². The lowest BCUT2D eigenvalue weighted by atomic mass is 10.1. The molecule has 0 spiro atoms. The summed E-state index contributed by atoms with van der Waals surface area (Å²) in [6, 6.07) is 15.2. The molecule has 0 aliphatic carbocycles. The Labute approximate surface area is 136 Å². The summed E-state index contributed by atoms with van der Waals surface area (Å²) in [6.45, 7) is 0. The molecule has 1 N–H and O–H groups in total. The molecule has 1 saturated heterocycles. The Morgan fingerprint density at radius 3 is 2.30 bits per heavy atom. The Bertz CT molecular complexity index is 758. The summed E-state index contributed by atoms with van der Waals surface area (Å²) in [7, 11) is 0. The third-order valence-corrected chi connectivity index (χ3v) is 4.59. The third kappa shape index (κ3) is 3.12. The Morgan fingerprint density at radius 1 is 1.04 bits per heavy atom. The van der Waals surface area contributed by atoms with Crippen LogP contribution in [0.3, 0.4) is 0 Å². The van der Waals surface area contributed by atoms with Gasteiger partial charge < -0.3 is 5.11 Å². The van der Waals surface area contributed by atoms with Crippen LogP contribution >= 0.6 is 11.8 Å². The molecule has 5 nitrogen and oxygen atoms in total. The highest BCUT2D eigenvalue weighted by Crippen LogP contribution is 2.33. The van der Waals surface area contributed by atoms with E-state index in [1.165, 1.54) is 17.0 Å². The lowest BCUT2D eigenvalue weighted by Gasteiger charge is -2.13. The number of benzene rings is 2. The van der Waals surface area contributed by atoms with Crippen molar-refractivity contribution in [3.05, 3.63) is 65.7 Å². The van der Waals surface area contributed by atoms with Gasteiger partial charge in [-0.2, -0.15) is 0 Å². The molecule has 0 unspecified atom stereocenters. The molecule has 2 aromatic carbocycles. The number of amides is 2. The molecular formula is C17H13NO4S. The highest BCUT2D eigenvalue weighted by atomic mass is 32.2. The maximum absolute atomic E-state index is 12.5. The molecule has 6 heteroatoms. The van der Waals surface area contributed by atoms with E-state index < -0.39 is 11.2 Å². The quantitative estimate of drug-likeness (QED) is 0.933. The fraction of sp³-hybridized carbons (Fsp3) is 0.118. The smallest absolute Gasteiger partial charge is 0.335 e. The number of para-hydroxylation sites is 1. The summed E-state index contributed by atoms with van der Waals surface area (Å²) < 4.78 is 0. The summed E-state index contributed by atoms with van der Waals surface area (Å²) in [5, 5.41) is 8.12. The number of hydrogen-bond donors (Lipinski definition) is 1. The van der Waals surface area contributed by atoms with Gasteiger partial charge in [0.2, 0.25) is 5.91 Å². The van der Waals surface area contributed by atoms with E-state index in [0.717, 1.165) is 17.3 Å². The first-order chi connectivity index (χ1) is 11.1. The predicted octanol–water partition coefficient (Wildman–Crippen LogP) is 3.20. The molecular weight excluding hydrogens is 314 g/mol. The minimum atomic E-state index is -0.992. The number of hydrogen-bond acceptors (Lipinski definition) is 4. The van der Waals surface area contributed by atoms with Crippen molar-refractivity contribution in [1.29, 1.82) is 0 Å². The summed E-state index contributed by atoms with van der Waals surface area (Å²) in [5.41, 5.74) is 1.59. The van der Waals surface area contributed by atoms with E-state index >= 15 is 0 Å². The third-order valence-electron chi connectivity index (χ3n) is 3.56. The van der Waals surface area contributed by atoms with Crippen LogP contribution in [0, 0.1) is 0 Å². The fourth-order valence-corrected chi connectivity index (χ4v) is 3.42. The van der Waals surface area contributed by atoms with Gasteiger partial charge in [-0.25, -0.2) is 9.69 Å². The van der Waals surface area contributed by atoms with Crippen LogP contribution in [-0.4, -0.2) is 27.5 Å². The van der Waals surface area contributed by atoms with Gasteiger partial charge in [-0.1, -0.05) is 42.1 Å². The van der Waals surface area contributed by atoms with Gasteiger partial charge >= 0.3 is 5.97 Å². The van der Waals surface area contributed by atoms with Gasteiger partial charge in [-0.15, -0.1) is 0 Å². The van der Waals surface area contributed by atoms with Crippen molar-refractivity contribution in [2.45, 2.75) is 11.7 Å². The maximum Gasteiger partial charge on any atom is 0.335 e. The normalized spacial score (nSPS) is 17.6. The largest absolute Gasteiger partial charge is 0.478 e. The predicted molar refractivity (Wildman–Crippen MR) is 87.8 cm³/mol. The van der Waals surface area contributed by atoms with Crippen molar-refractivity contribution >= 4 is 34.6 Å². The maximum atomic E-state index is 12.5. The van der Waals surface area contributed by atoms with Crippen LogP contribution in [0.5, 0.6) is 0 Å². The van der Waals surface area contributed by atoms with E-state index in [2.05, 4.69) is 0 Å². The number of nitrogens with zero attached hydrogens (tertiary/aromatic N) is 1. The number of imide groups is 1. The number of carboxylic acids is 1. The molecule has 2 amide bonds. The van der Waals surface area contributed by atoms with Gasteiger partial charge in [-0.05, 0) is 36.2 Å². The topological polar surface area (TPSA) is 74.7 Å². The molecule has 1 heterocycles. The molecule has 1 aliphatic rings. The van der Waals surface area contributed by atoms with Crippen molar-refractivity contribution in [3.63, 3.8) is 0 Å². The molecule has 3 rings (SSSR count). The Morgan fingerprint density at radius 2 is 1.70 bits per heavy atom. The molecule has 1 aliphatic heterocycles. The molecule has 2 aromatic rings. The van der Waals surface area contributed by atoms with Crippen LogP contribution in [0.15, 0.2) is 54.6 Å². The van der Waals surface area contributed by atoms with Gasteiger partial charge in [0, 0.05) is 0 Å². The zero-order valence-electron chi connectivity index (χ0n) is 12.0. The molecule has 0 radical (unpaired) electrons. The van der Waals surface area contributed by atoms with E-state index in [-0.39, 0.29) is 16.7 Å². The molecule has 0 saturated carbocycles. The van der Waals surface area contributed by atoms with Gasteiger partial charge in [0.05, 0.1) is 16.5 Å². The minimum Gasteiger partial charge on any atom is -0.478 e. The first-order valence-corrected chi connectivity index (χ1v) is 7.86. The van der Waals surface area contributed by atoms with Crippen LogP contribution in [-0.2, 0) is 11.2 Å². The van der Waals surface area contributed by atoms with Crippen LogP contribution < -0.4 is 4.90 Å². The van der Waals surface area contributed by atoms with Crippen molar-refractivity contribution in [2.24, 2.45) is 0 Å². The van der Waals surface area contributed by atoms with Crippen LogP contribution in [0.2, 0.25) is 0 Å². The van der Waals surface area contributed by atoms with Crippen molar-refractivity contribution in [3.8, 4) is 0 Å². The number of thioether (sulfide) groups is 1. The SMILES string of the molecule is O=C(O)c1ccc(C[C@@H]2SC(=O)N(c3ccccc3)C2=O)cc1. The van der Waals surface area contributed by atoms with E-state index in [9.17, 15) is 14.4 Å². The summed E-state index contributed by atoms with van der Waals surface area (Å²) >= 11 is 1.00. The van der Waals surface area contributed by atoms with Gasteiger partial charge in [-0.3, -0.25) is 9.59 Å². The number of aromatic carboxylic acids is 1. The molecule has 23 heavy (non-hydrogen) atoms. The monoisotopic (exact) mass is 327 g/mol. The highest BCUT2D eigenvalue weighted by Gasteiger charge is 2.40. The first kappa shape index (κ1) is 15.3. The Kier molecular flexibility index (Phi) is 4.16. The van der Waals surface area contributed by atoms with Crippen LogP contribution in [0.4, 0.5) is 10.5 Å². The average molecular weight is 327 g/mol. The zero-order chi connectivity index (χ0) is 16.4. The van der Waals surface area contributed by atoms with Crippen molar-refractivity contribution < 1.29 is 19.5 Å². The number of carbonyl (C=O) groups is 3. The second-order valence-electron chi connectivity index (χ2n) is 5.09. The van der Waals surface area contributed by atoms with E-state index in [1.807, 2.05) is 6.07 Å². The average Bonchev–Trinajstić information content (AvgIpc) is 2.82. The molecule has 1 atom stereocenters. The fourth-order valence-electron chi connectivity index (χ4n) is 2.39. The molecule has 0 aromatic heterocycles. The second kappa shape index (κ2) is 6.26. The van der Waals surface area contributed by atoms with E-state index in [0.29, 0.717) is 12.1 Å². The molecule has 116 valence electrons. The summed E-state index contributed by atoms with van der Waals surface area (Å²) in [4.78, 5) is 36.6. The minimum absolute atomic E-state index is 0.196. The summed E-state index contributed by atoms with van der Waals surface area (Å²) in [6.07, 6.45) is 0.387. The van der Waals surface area contributed by atoms with Crippen LogP contribution in [0.25, 0.3) is 0 Å². The van der Waals surface area contributed by atoms with E-state index in [1.54, 1.807) is 36.4 Å². The van der Waals surface area contributed by atoms with Crippen molar-refractivity contribution in [1.82, 2.24) is 0 Å². The molecule has 1 fully saturated rings. The second-order valence-corrected chi connectivity index (χ2v) is 6.24. The number of carbonyl (C=O) groups excluding carboxylic acids is 2.